The van der Waals surface area contributed by atoms with E-state index in [9.17, 15) is 0 Å². The van der Waals surface area contributed by atoms with E-state index in [0.717, 1.165) is 11.1 Å². The van der Waals surface area contributed by atoms with E-state index in [1.54, 1.807) is 0 Å². The summed E-state index contributed by atoms with van der Waals surface area (Å²) >= 11 is 0. The topological polar surface area (TPSA) is 0 Å². The van der Waals surface area contributed by atoms with Gasteiger partial charge in [-0.3, -0.25) is 0 Å². The number of hydrogen-bond donors (Lipinski definition) is 0. The molecular formula is C13H16B4. The summed E-state index contributed by atoms with van der Waals surface area (Å²) in [5.41, 5.74) is 3.78. The van der Waals surface area contributed by atoms with Gasteiger partial charge in [-0.15, -0.1) is 21.9 Å². The van der Waals surface area contributed by atoms with E-state index in [1.807, 2.05) is 34.6 Å². The summed E-state index contributed by atoms with van der Waals surface area (Å²) in [6.45, 7) is 10.2. The summed E-state index contributed by atoms with van der Waals surface area (Å²) in [5, 5.41) is 0. The molecule has 0 aliphatic heterocycles. The van der Waals surface area contributed by atoms with E-state index in [1.165, 1.54) is 0 Å². The Kier molecular flexibility index (Phi) is 3.96. The standard InChI is InChI=1S/C13H16B4/c1-6(2)7-9(14)11(16)8(13(3,4)5)12(17)10(7)15/h6H,1-5H3. The van der Waals surface area contributed by atoms with E-state index >= 15 is 0 Å². The van der Waals surface area contributed by atoms with Crippen molar-refractivity contribution in [3.63, 3.8) is 0 Å². The predicted octanol–water partition coefficient (Wildman–Crippen LogP) is -0.717. The third-order valence-corrected chi connectivity index (χ3v) is 3.03. The van der Waals surface area contributed by atoms with E-state index in [0.29, 0.717) is 21.9 Å². The Labute approximate surface area is 111 Å². The maximum absolute atomic E-state index is 6.12. The van der Waals surface area contributed by atoms with Crippen molar-refractivity contribution in [2.45, 2.75) is 46.0 Å². The summed E-state index contributed by atoms with van der Waals surface area (Å²) < 4.78 is 0. The van der Waals surface area contributed by atoms with Crippen LogP contribution in [0, 0.1) is 0 Å². The van der Waals surface area contributed by atoms with Gasteiger partial charge >= 0.3 is 0 Å². The van der Waals surface area contributed by atoms with E-state index in [-0.39, 0.29) is 11.3 Å². The van der Waals surface area contributed by atoms with Gasteiger partial charge in [0.25, 0.3) is 0 Å². The number of benzene rings is 1. The van der Waals surface area contributed by atoms with Gasteiger partial charge in [-0.1, -0.05) is 45.7 Å². The average Bonchev–Trinajstić information content (AvgIpc) is 2.12. The Bertz CT molecular complexity index is 413. The predicted molar refractivity (Wildman–Crippen MR) is 80.8 cm³/mol. The van der Waals surface area contributed by atoms with Gasteiger partial charge in [-0.25, -0.2) is 0 Å². The molecule has 1 aromatic carbocycles. The molecule has 0 nitrogen and oxygen atoms in total. The molecule has 0 unspecified atom stereocenters. The zero-order valence-corrected chi connectivity index (χ0v) is 11.4. The molecule has 8 radical (unpaired) electrons. The molecule has 80 valence electrons. The first kappa shape index (κ1) is 14.5. The lowest BCUT2D eigenvalue weighted by molar-refractivity contribution is 0.598. The van der Waals surface area contributed by atoms with Gasteiger partial charge in [-0.05, 0) is 11.3 Å². The molecule has 0 saturated carbocycles. The lowest BCUT2D eigenvalue weighted by Gasteiger charge is -2.31. The van der Waals surface area contributed by atoms with Crippen molar-refractivity contribution < 1.29 is 0 Å². The lowest BCUT2D eigenvalue weighted by Crippen LogP contribution is -2.51. The fourth-order valence-electron chi connectivity index (χ4n) is 2.28. The molecule has 1 rings (SSSR count). The second-order valence-corrected chi connectivity index (χ2v) is 5.85. The monoisotopic (exact) mass is 216 g/mol. The largest absolute Gasteiger partial charge is 0.113 e. The van der Waals surface area contributed by atoms with Gasteiger partial charge in [0, 0.05) is 0 Å². The van der Waals surface area contributed by atoms with Crippen LogP contribution in [0.4, 0.5) is 0 Å². The van der Waals surface area contributed by atoms with Crippen molar-refractivity contribution in [3.8, 4) is 0 Å². The van der Waals surface area contributed by atoms with Crippen molar-refractivity contribution in [2.75, 3.05) is 0 Å². The molecular weight excluding hydrogens is 199 g/mol. The first-order valence-corrected chi connectivity index (χ1v) is 5.85. The van der Waals surface area contributed by atoms with Crippen LogP contribution >= 0.6 is 0 Å². The third-order valence-electron chi connectivity index (χ3n) is 3.03. The average molecular weight is 216 g/mol. The first-order chi connectivity index (χ1) is 7.59. The SMILES string of the molecule is [B]c1c([B])c(C(C)(C)C)c([B])c([B])c1C(C)C. The summed E-state index contributed by atoms with van der Waals surface area (Å²) in [6, 6.07) is 0. The summed E-state index contributed by atoms with van der Waals surface area (Å²) in [6.07, 6.45) is 0. The lowest BCUT2D eigenvalue weighted by atomic mass is 9.59. The highest BCUT2D eigenvalue weighted by atomic mass is 14.2. The normalized spacial score (nSPS) is 12.1. The van der Waals surface area contributed by atoms with Gasteiger partial charge < -0.3 is 0 Å². The summed E-state index contributed by atoms with van der Waals surface area (Å²) in [4.78, 5) is 0. The number of rotatable bonds is 1. The minimum Gasteiger partial charge on any atom is -0.100 e. The van der Waals surface area contributed by atoms with E-state index in [4.69, 9.17) is 31.4 Å². The van der Waals surface area contributed by atoms with Crippen LogP contribution in [0.3, 0.4) is 0 Å². The van der Waals surface area contributed by atoms with Gasteiger partial charge in [0.15, 0.2) is 0 Å². The highest BCUT2D eigenvalue weighted by Gasteiger charge is 2.22. The maximum Gasteiger partial charge on any atom is 0.113 e. The molecule has 0 N–H and O–H groups in total. The molecule has 0 amide bonds. The van der Waals surface area contributed by atoms with Gasteiger partial charge in [0.1, 0.15) is 31.4 Å². The third kappa shape index (κ3) is 2.51. The number of hydrogen-bond acceptors (Lipinski definition) is 0. The van der Waals surface area contributed by atoms with Crippen LogP contribution in [0.5, 0.6) is 0 Å². The van der Waals surface area contributed by atoms with Crippen molar-refractivity contribution in [2.24, 2.45) is 0 Å². The zero-order valence-electron chi connectivity index (χ0n) is 11.4. The second-order valence-electron chi connectivity index (χ2n) is 5.85. The van der Waals surface area contributed by atoms with Crippen LogP contribution in [0.2, 0.25) is 0 Å². The van der Waals surface area contributed by atoms with E-state index in [2.05, 4.69) is 0 Å². The first-order valence-electron chi connectivity index (χ1n) is 5.85. The van der Waals surface area contributed by atoms with Crippen LogP contribution in [0.15, 0.2) is 0 Å². The van der Waals surface area contributed by atoms with Crippen LogP contribution in [0.1, 0.15) is 51.7 Å². The smallest absolute Gasteiger partial charge is 0.100 e. The molecule has 1 aromatic rings. The molecule has 0 aromatic heterocycles. The molecule has 0 spiro atoms. The molecule has 0 heterocycles. The van der Waals surface area contributed by atoms with Gasteiger partial charge in [0.05, 0.1) is 0 Å². The highest BCUT2D eigenvalue weighted by Crippen LogP contribution is 2.18. The summed E-state index contributed by atoms with van der Waals surface area (Å²) in [5.74, 6) is 0.202. The van der Waals surface area contributed by atoms with Gasteiger partial charge in [0.2, 0.25) is 0 Å². The molecule has 0 saturated heterocycles. The maximum atomic E-state index is 6.12. The van der Waals surface area contributed by atoms with Crippen LogP contribution in [-0.4, -0.2) is 31.4 Å². The molecule has 0 atom stereocenters. The van der Waals surface area contributed by atoms with Crippen molar-refractivity contribution in [1.29, 1.82) is 0 Å². The molecule has 17 heavy (non-hydrogen) atoms. The zero-order chi connectivity index (χ0) is 13.5. The Morgan fingerprint density at radius 3 is 1.35 bits per heavy atom. The molecule has 0 aliphatic rings. The molecule has 0 bridgehead atoms. The van der Waals surface area contributed by atoms with Crippen molar-refractivity contribution in [1.82, 2.24) is 0 Å². The fraction of sp³-hybridized carbons (Fsp3) is 0.538. The Hall–Kier alpha value is -0.520. The minimum absolute atomic E-state index is 0.175. The van der Waals surface area contributed by atoms with Crippen LogP contribution in [0.25, 0.3) is 0 Å². The highest BCUT2D eigenvalue weighted by molar-refractivity contribution is 6.58. The van der Waals surface area contributed by atoms with Crippen LogP contribution < -0.4 is 21.9 Å². The quantitative estimate of drug-likeness (QED) is 0.543. The van der Waals surface area contributed by atoms with Gasteiger partial charge in [-0.2, -0.15) is 0 Å². The summed E-state index contributed by atoms with van der Waals surface area (Å²) in [7, 11) is 24.4. The van der Waals surface area contributed by atoms with Crippen molar-refractivity contribution >= 4 is 53.2 Å². The minimum atomic E-state index is -0.175. The fourth-order valence-corrected chi connectivity index (χ4v) is 2.28. The molecule has 4 heteroatoms. The Morgan fingerprint density at radius 2 is 1.12 bits per heavy atom. The molecule has 0 fully saturated rings. The van der Waals surface area contributed by atoms with E-state index < -0.39 is 0 Å². The Balaban J connectivity index is 3.71. The van der Waals surface area contributed by atoms with Crippen molar-refractivity contribution in [3.05, 3.63) is 11.1 Å². The Morgan fingerprint density at radius 1 is 0.765 bits per heavy atom. The second kappa shape index (κ2) is 4.63. The van der Waals surface area contributed by atoms with Crippen LogP contribution in [-0.2, 0) is 5.41 Å². The molecule has 0 aliphatic carbocycles.